The maximum Gasteiger partial charge on any atom is 0.234 e. The zero-order valence-electron chi connectivity index (χ0n) is 15.1. The molecule has 3 rings (SSSR count). The van der Waals surface area contributed by atoms with Crippen LogP contribution in [0.1, 0.15) is 16.7 Å². The molecule has 3 aromatic rings. The van der Waals surface area contributed by atoms with Gasteiger partial charge < -0.3 is 5.32 Å². The Bertz CT molecular complexity index is 906. The molecular formula is C21H21N3OS. The van der Waals surface area contributed by atoms with Gasteiger partial charge in [0.25, 0.3) is 0 Å². The molecule has 26 heavy (non-hydrogen) atoms. The second kappa shape index (κ2) is 8.15. The third-order valence-corrected chi connectivity index (χ3v) is 5.05. The Morgan fingerprint density at radius 2 is 1.69 bits per heavy atom. The third-order valence-electron chi connectivity index (χ3n) is 4.13. The molecule has 0 saturated heterocycles. The van der Waals surface area contributed by atoms with Gasteiger partial charge in [-0.1, -0.05) is 41.6 Å². The summed E-state index contributed by atoms with van der Waals surface area (Å²) in [7, 11) is 0. The van der Waals surface area contributed by atoms with Gasteiger partial charge in [-0.25, -0.2) is 0 Å². The van der Waals surface area contributed by atoms with Crippen molar-refractivity contribution in [1.82, 2.24) is 10.2 Å². The van der Waals surface area contributed by atoms with Crippen LogP contribution in [0.4, 0.5) is 5.69 Å². The number of aromatic nitrogens is 2. The summed E-state index contributed by atoms with van der Waals surface area (Å²) in [5, 5.41) is 12.1. The Kier molecular flexibility index (Phi) is 5.68. The molecule has 132 valence electrons. The van der Waals surface area contributed by atoms with Crippen molar-refractivity contribution in [3.8, 4) is 11.3 Å². The number of carbonyl (C=O) groups is 1. The van der Waals surface area contributed by atoms with Gasteiger partial charge in [0.2, 0.25) is 5.91 Å². The van der Waals surface area contributed by atoms with Crippen LogP contribution < -0.4 is 5.32 Å². The number of rotatable bonds is 5. The van der Waals surface area contributed by atoms with Gasteiger partial charge in [0.15, 0.2) is 0 Å². The van der Waals surface area contributed by atoms with Crippen molar-refractivity contribution >= 4 is 23.4 Å². The first-order valence-corrected chi connectivity index (χ1v) is 9.40. The van der Waals surface area contributed by atoms with E-state index in [-0.39, 0.29) is 5.91 Å². The number of hydrogen-bond acceptors (Lipinski definition) is 4. The zero-order chi connectivity index (χ0) is 18.5. The largest absolute Gasteiger partial charge is 0.325 e. The highest BCUT2D eigenvalue weighted by Crippen LogP contribution is 2.22. The van der Waals surface area contributed by atoms with Crippen LogP contribution in [0.2, 0.25) is 0 Å². The average Bonchev–Trinajstić information content (AvgIpc) is 2.65. The Balaban J connectivity index is 1.58. The van der Waals surface area contributed by atoms with Crippen molar-refractivity contribution in [1.29, 1.82) is 0 Å². The Labute approximate surface area is 158 Å². The van der Waals surface area contributed by atoms with Crippen LogP contribution in [0.25, 0.3) is 11.3 Å². The summed E-state index contributed by atoms with van der Waals surface area (Å²) in [5.74, 6) is 0.241. The quantitative estimate of drug-likeness (QED) is 0.662. The lowest BCUT2D eigenvalue weighted by Crippen LogP contribution is -2.14. The van der Waals surface area contributed by atoms with E-state index in [2.05, 4.69) is 41.5 Å². The van der Waals surface area contributed by atoms with Crippen LogP contribution >= 0.6 is 11.8 Å². The van der Waals surface area contributed by atoms with Gasteiger partial charge >= 0.3 is 0 Å². The summed E-state index contributed by atoms with van der Waals surface area (Å²) in [6.45, 7) is 6.19. The summed E-state index contributed by atoms with van der Waals surface area (Å²) >= 11 is 1.37. The fraction of sp³-hybridized carbons (Fsp3) is 0.190. The van der Waals surface area contributed by atoms with E-state index in [1.165, 1.54) is 22.9 Å². The Hall–Kier alpha value is -2.66. The minimum absolute atomic E-state index is 0.0566. The van der Waals surface area contributed by atoms with E-state index >= 15 is 0 Å². The maximum atomic E-state index is 12.0. The molecule has 0 aliphatic carbocycles. The molecule has 0 radical (unpaired) electrons. The van der Waals surface area contributed by atoms with Gasteiger partial charge in [-0.05, 0) is 62.2 Å². The molecule has 1 heterocycles. The number of amides is 1. The Morgan fingerprint density at radius 1 is 0.923 bits per heavy atom. The van der Waals surface area contributed by atoms with Gasteiger partial charge in [0.1, 0.15) is 5.03 Å². The lowest BCUT2D eigenvalue weighted by Gasteiger charge is -2.06. The molecule has 1 aromatic heterocycles. The predicted molar refractivity (Wildman–Crippen MR) is 107 cm³/mol. The molecule has 1 N–H and O–H groups in total. The minimum Gasteiger partial charge on any atom is -0.325 e. The molecule has 0 bridgehead atoms. The normalized spacial score (nSPS) is 10.6. The van der Waals surface area contributed by atoms with Gasteiger partial charge in [-0.2, -0.15) is 0 Å². The fourth-order valence-corrected chi connectivity index (χ4v) is 3.04. The van der Waals surface area contributed by atoms with Crippen molar-refractivity contribution in [2.24, 2.45) is 0 Å². The van der Waals surface area contributed by atoms with E-state index < -0.39 is 0 Å². The standard InChI is InChI=1S/C21H21N3OS/c1-14-4-8-18(9-5-14)22-20(25)13-26-21-11-10-19(23-24-21)17-7-6-15(2)16(3)12-17/h4-12H,13H2,1-3H3,(H,22,25). The first-order valence-electron chi connectivity index (χ1n) is 8.42. The Morgan fingerprint density at radius 3 is 2.35 bits per heavy atom. The minimum atomic E-state index is -0.0566. The van der Waals surface area contributed by atoms with E-state index in [4.69, 9.17) is 0 Å². The second-order valence-corrected chi connectivity index (χ2v) is 7.25. The van der Waals surface area contributed by atoms with E-state index in [0.717, 1.165) is 27.5 Å². The summed E-state index contributed by atoms with van der Waals surface area (Å²) in [6.07, 6.45) is 0. The van der Waals surface area contributed by atoms with Gasteiger partial charge in [-0.15, -0.1) is 10.2 Å². The van der Waals surface area contributed by atoms with E-state index in [0.29, 0.717) is 5.75 Å². The lowest BCUT2D eigenvalue weighted by molar-refractivity contribution is -0.113. The molecule has 0 fully saturated rings. The number of nitrogens with one attached hydrogen (secondary N) is 1. The molecule has 0 saturated carbocycles. The summed E-state index contributed by atoms with van der Waals surface area (Å²) in [4.78, 5) is 12.0. The molecule has 2 aromatic carbocycles. The van der Waals surface area contributed by atoms with Gasteiger partial charge in [0.05, 0.1) is 11.4 Å². The van der Waals surface area contributed by atoms with Crippen molar-refractivity contribution < 1.29 is 4.79 Å². The number of carbonyl (C=O) groups excluding carboxylic acids is 1. The number of thioether (sulfide) groups is 1. The van der Waals surface area contributed by atoms with Crippen LogP contribution in [0.15, 0.2) is 59.6 Å². The van der Waals surface area contributed by atoms with Crippen LogP contribution in [0.3, 0.4) is 0 Å². The molecule has 0 spiro atoms. The summed E-state index contributed by atoms with van der Waals surface area (Å²) in [6, 6.07) is 17.8. The van der Waals surface area contributed by atoms with Crippen molar-refractivity contribution in [2.45, 2.75) is 25.8 Å². The van der Waals surface area contributed by atoms with E-state index in [1.807, 2.05) is 49.4 Å². The van der Waals surface area contributed by atoms with Crippen LogP contribution in [0.5, 0.6) is 0 Å². The van der Waals surface area contributed by atoms with Crippen LogP contribution in [0, 0.1) is 20.8 Å². The molecule has 0 aliphatic rings. The number of anilines is 1. The fourth-order valence-electron chi connectivity index (χ4n) is 2.43. The van der Waals surface area contributed by atoms with Crippen molar-refractivity contribution in [3.05, 3.63) is 71.3 Å². The highest BCUT2D eigenvalue weighted by molar-refractivity contribution is 7.99. The topological polar surface area (TPSA) is 54.9 Å². The van der Waals surface area contributed by atoms with E-state index in [9.17, 15) is 4.79 Å². The lowest BCUT2D eigenvalue weighted by atomic mass is 10.0. The first kappa shape index (κ1) is 18.1. The second-order valence-electron chi connectivity index (χ2n) is 6.26. The van der Waals surface area contributed by atoms with Gasteiger partial charge in [0, 0.05) is 11.3 Å². The predicted octanol–water partition coefficient (Wildman–Crippen LogP) is 4.80. The van der Waals surface area contributed by atoms with Crippen molar-refractivity contribution in [3.63, 3.8) is 0 Å². The SMILES string of the molecule is Cc1ccc(NC(=O)CSc2ccc(-c3ccc(C)c(C)c3)nn2)cc1. The monoisotopic (exact) mass is 363 g/mol. The number of benzene rings is 2. The average molecular weight is 363 g/mol. The van der Waals surface area contributed by atoms with Crippen LogP contribution in [-0.2, 0) is 4.79 Å². The van der Waals surface area contributed by atoms with Crippen LogP contribution in [-0.4, -0.2) is 21.9 Å². The highest BCUT2D eigenvalue weighted by Gasteiger charge is 2.07. The molecule has 5 heteroatoms. The molecule has 1 amide bonds. The highest BCUT2D eigenvalue weighted by atomic mass is 32.2. The van der Waals surface area contributed by atoms with Crippen molar-refractivity contribution in [2.75, 3.05) is 11.1 Å². The smallest absolute Gasteiger partial charge is 0.234 e. The maximum absolute atomic E-state index is 12.0. The molecule has 0 atom stereocenters. The van der Waals surface area contributed by atoms with E-state index in [1.54, 1.807) is 0 Å². The number of aryl methyl sites for hydroxylation is 3. The van der Waals surface area contributed by atoms with Gasteiger partial charge in [-0.3, -0.25) is 4.79 Å². The molecule has 4 nitrogen and oxygen atoms in total. The summed E-state index contributed by atoms with van der Waals surface area (Å²) in [5.41, 5.74) is 6.34. The molecule has 0 aliphatic heterocycles. The summed E-state index contributed by atoms with van der Waals surface area (Å²) < 4.78 is 0. The molecular weight excluding hydrogens is 342 g/mol. The third kappa shape index (κ3) is 4.70. The molecule has 0 unspecified atom stereocenters. The first-order chi connectivity index (χ1) is 12.5. The zero-order valence-corrected chi connectivity index (χ0v) is 15.9. The number of nitrogens with zero attached hydrogens (tertiary/aromatic N) is 2. The number of hydrogen-bond donors (Lipinski definition) is 1.